The Bertz CT molecular complexity index is 695. The molecule has 1 aliphatic rings. The first-order valence-electron chi connectivity index (χ1n) is 10.7. The van der Waals surface area contributed by atoms with Crippen LogP contribution in [0.1, 0.15) is 73.4 Å². The van der Waals surface area contributed by atoms with E-state index in [2.05, 4.69) is 39.9 Å². The highest BCUT2D eigenvalue weighted by Crippen LogP contribution is 2.39. The van der Waals surface area contributed by atoms with Crippen molar-refractivity contribution < 1.29 is 23.6 Å². The first-order chi connectivity index (χ1) is 13.7. The molecule has 0 unspecified atom stereocenters. The van der Waals surface area contributed by atoms with Crippen molar-refractivity contribution in [2.45, 2.75) is 91.0 Å². The van der Waals surface area contributed by atoms with Gasteiger partial charge in [0.15, 0.2) is 0 Å². The summed E-state index contributed by atoms with van der Waals surface area (Å²) in [7, 11) is 1.38. The zero-order valence-electron chi connectivity index (χ0n) is 20.0. The molecule has 2 rings (SSSR count). The third-order valence-electron chi connectivity index (χ3n) is 5.88. The van der Waals surface area contributed by atoms with Crippen LogP contribution in [-0.4, -0.2) is 37.1 Å². The largest absolute Gasteiger partial charge is 0.497 e. The third-order valence-corrected chi connectivity index (χ3v) is 5.88. The van der Waals surface area contributed by atoms with Crippen molar-refractivity contribution in [3.63, 3.8) is 0 Å². The fourth-order valence-electron chi connectivity index (χ4n) is 3.45. The number of rotatable bonds is 7. The van der Waals surface area contributed by atoms with Gasteiger partial charge in [-0.25, -0.2) is 4.79 Å². The van der Waals surface area contributed by atoms with E-state index < -0.39 is 11.7 Å². The number of alkyl carbamates (subject to hydrolysis) is 1. The maximum Gasteiger partial charge on any atom is 0.457 e. The van der Waals surface area contributed by atoms with E-state index >= 15 is 0 Å². The van der Waals surface area contributed by atoms with Gasteiger partial charge in [0.2, 0.25) is 0 Å². The van der Waals surface area contributed by atoms with Crippen LogP contribution < -0.4 is 10.1 Å². The number of amides is 1. The topological polar surface area (TPSA) is 66.0 Å². The number of carbonyl (C=O) groups is 1. The summed E-state index contributed by atoms with van der Waals surface area (Å²) in [5.41, 5.74) is -0.237. The summed E-state index contributed by atoms with van der Waals surface area (Å²) in [6.07, 6.45) is 1.14. The Hall–Kier alpha value is -1.73. The molecule has 6 nitrogen and oxygen atoms in total. The smallest absolute Gasteiger partial charge is 0.457 e. The number of hydrogen-bond donors (Lipinski definition) is 1. The van der Waals surface area contributed by atoms with Crippen molar-refractivity contribution in [2.24, 2.45) is 5.92 Å². The molecule has 1 aromatic carbocycles. The van der Waals surface area contributed by atoms with Gasteiger partial charge in [-0.05, 0) is 84.8 Å². The van der Waals surface area contributed by atoms with Crippen LogP contribution in [0.2, 0.25) is 6.32 Å². The van der Waals surface area contributed by atoms with Crippen LogP contribution in [0, 0.1) is 5.92 Å². The number of hydrogen-bond acceptors (Lipinski definition) is 5. The van der Waals surface area contributed by atoms with Crippen LogP contribution in [0.3, 0.4) is 0 Å². The minimum Gasteiger partial charge on any atom is -0.497 e. The van der Waals surface area contributed by atoms with E-state index in [1.165, 1.54) is 0 Å². The molecule has 2 atom stereocenters. The second kappa shape index (κ2) is 9.19. The second-order valence-electron chi connectivity index (χ2n) is 10.1. The second-order valence-corrected chi connectivity index (χ2v) is 10.1. The molecule has 1 N–H and O–H groups in total. The highest BCUT2D eigenvalue weighted by atomic mass is 16.7. The first kappa shape index (κ1) is 24.5. The molecule has 0 aliphatic carbocycles. The zero-order valence-corrected chi connectivity index (χ0v) is 20.0. The highest BCUT2D eigenvalue weighted by Gasteiger charge is 2.50. The lowest BCUT2D eigenvalue weighted by Crippen LogP contribution is -2.41. The van der Waals surface area contributed by atoms with Gasteiger partial charge in [0, 0.05) is 0 Å². The Morgan fingerprint density at radius 3 is 2.10 bits per heavy atom. The van der Waals surface area contributed by atoms with Gasteiger partial charge in [-0.15, -0.1) is 0 Å². The summed E-state index contributed by atoms with van der Waals surface area (Å²) in [6, 6.07) is 7.56. The monoisotopic (exact) mass is 419 g/mol. The molecule has 1 fully saturated rings. The van der Waals surface area contributed by atoms with Crippen LogP contribution in [0.25, 0.3) is 0 Å². The fourth-order valence-corrected chi connectivity index (χ4v) is 3.45. The maximum atomic E-state index is 12.5. The molecular weight excluding hydrogens is 381 g/mol. The molecule has 0 aromatic heterocycles. The van der Waals surface area contributed by atoms with E-state index in [-0.39, 0.29) is 30.3 Å². The molecule has 1 aromatic rings. The van der Waals surface area contributed by atoms with Crippen LogP contribution in [0.15, 0.2) is 24.3 Å². The molecule has 1 saturated heterocycles. The van der Waals surface area contributed by atoms with Crippen LogP contribution in [0.5, 0.6) is 5.75 Å². The van der Waals surface area contributed by atoms with Crippen molar-refractivity contribution in [1.29, 1.82) is 0 Å². The maximum absolute atomic E-state index is 12.5. The number of carbonyl (C=O) groups excluding carboxylic acids is 1. The van der Waals surface area contributed by atoms with Crippen LogP contribution in [0.4, 0.5) is 4.79 Å². The Labute approximate surface area is 182 Å². The number of nitrogens with one attached hydrogen (secondary N) is 1. The predicted octanol–water partition coefficient (Wildman–Crippen LogP) is 5.38. The number of benzene rings is 1. The summed E-state index contributed by atoms with van der Waals surface area (Å²) in [6.45, 7) is 15.9. The Morgan fingerprint density at radius 1 is 1.10 bits per heavy atom. The Kier molecular flexibility index (Phi) is 7.52. The Balaban J connectivity index is 2.09. The average Bonchev–Trinajstić information content (AvgIpc) is 2.83. The fraction of sp³-hybridized carbons (Fsp3) is 0.696. The van der Waals surface area contributed by atoms with E-state index in [4.69, 9.17) is 18.8 Å². The van der Waals surface area contributed by atoms with E-state index in [1.807, 2.05) is 45.0 Å². The van der Waals surface area contributed by atoms with Crippen LogP contribution in [-0.2, 0) is 14.0 Å². The molecular formula is C23H38BNO5. The quantitative estimate of drug-likeness (QED) is 0.601. The zero-order chi connectivity index (χ0) is 22.7. The summed E-state index contributed by atoms with van der Waals surface area (Å²) in [5, 5.41) is 3.05. The van der Waals surface area contributed by atoms with Gasteiger partial charge in [0.1, 0.15) is 11.4 Å². The van der Waals surface area contributed by atoms with Gasteiger partial charge in [-0.1, -0.05) is 19.1 Å². The van der Waals surface area contributed by atoms with E-state index in [0.29, 0.717) is 0 Å². The minimum absolute atomic E-state index is 0.143. The average molecular weight is 419 g/mol. The van der Waals surface area contributed by atoms with Crippen molar-refractivity contribution in [2.75, 3.05) is 7.11 Å². The van der Waals surface area contributed by atoms with E-state index in [9.17, 15) is 4.79 Å². The molecule has 7 heteroatoms. The highest BCUT2D eigenvalue weighted by molar-refractivity contribution is 6.45. The molecule has 0 saturated carbocycles. The van der Waals surface area contributed by atoms with Gasteiger partial charge >= 0.3 is 13.2 Å². The van der Waals surface area contributed by atoms with E-state index in [0.717, 1.165) is 24.1 Å². The summed E-state index contributed by atoms with van der Waals surface area (Å²) in [5.74, 6) is 0.921. The minimum atomic E-state index is -0.555. The van der Waals surface area contributed by atoms with Gasteiger partial charge in [-0.3, -0.25) is 0 Å². The standard InChI is InChI=1S/C23H38BNO5/c1-16(14-15-24-29-22(5,6)23(7,8)30-24)19(25-20(26)28-21(2,3)4)17-10-12-18(27-9)13-11-17/h10-13,16,19H,14-15H2,1-9H3,(H,25,26)/t16-,19-/m0/s1. The summed E-state index contributed by atoms with van der Waals surface area (Å²) >= 11 is 0. The number of ether oxygens (including phenoxy) is 2. The lowest BCUT2D eigenvalue weighted by Gasteiger charge is -2.32. The first-order valence-corrected chi connectivity index (χ1v) is 10.7. The molecule has 0 radical (unpaired) electrons. The van der Waals surface area contributed by atoms with Crippen molar-refractivity contribution in [1.82, 2.24) is 5.32 Å². The van der Waals surface area contributed by atoms with Gasteiger partial charge in [-0.2, -0.15) is 0 Å². The van der Waals surface area contributed by atoms with Crippen molar-refractivity contribution >= 4 is 13.2 Å². The van der Waals surface area contributed by atoms with Crippen LogP contribution >= 0.6 is 0 Å². The molecule has 0 bridgehead atoms. The molecule has 1 heterocycles. The molecule has 1 aliphatic heterocycles. The lowest BCUT2D eigenvalue weighted by atomic mass is 9.77. The van der Waals surface area contributed by atoms with Crippen molar-refractivity contribution in [3.05, 3.63) is 29.8 Å². The molecule has 30 heavy (non-hydrogen) atoms. The van der Waals surface area contributed by atoms with Gasteiger partial charge in [0.05, 0.1) is 24.4 Å². The normalized spacial score (nSPS) is 19.8. The Morgan fingerprint density at radius 2 is 1.63 bits per heavy atom. The van der Waals surface area contributed by atoms with Gasteiger partial charge < -0.3 is 24.1 Å². The molecule has 0 spiro atoms. The SMILES string of the molecule is COc1ccc([C@@H](NC(=O)OC(C)(C)C)[C@@H](C)CCB2OC(C)(C)C(C)(C)O2)cc1. The lowest BCUT2D eigenvalue weighted by molar-refractivity contribution is 0.00578. The summed E-state index contributed by atoms with van der Waals surface area (Å²) < 4.78 is 23.0. The predicted molar refractivity (Wildman–Crippen MR) is 120 cm³/mol. The van der Waals surface area contributed by atoms with Crippen molar-refractivity contribution in [3.8, 4) is 5.75 Å². The van der Waals surface area contributed by atoms with E-state index in [1.54, 1.807) is 7.11 Å². The number of methoxy groups -OCH3 is 1. The third kappa shape index (κ3) is 6.38. The summed E-state index contributed by atoms with van der Waals surface area (Å²) in [4.78, 5) is 12.5. The molecule has 1 amide bonds. The van der Waals surface area contributed by atoms with Gasteiger partial charge in [0.25, 0.3) is 0 Å². The molecule has 168 valence electrons.